The fourth-order valence-corrected chi connectivity index (χ4v) is 6.74. The van der Waals surface area contributed by atoms with Crippen LogP contribution in [0.5, 0.6) is 11.5 Å². The standard InChI is InChI=1S/C36H39ClF3N5O4/c37-21-34(46)45-14-1-3-27-20-29(9-11-32(27)45)48-24-35(47)43-17-15-42(16-18-43)22-25-4-10-33-30(19-25)31(23-44(33)13-2-12-41)26-5-7-28(8-6-26)49-36(38,39)40/h4-11,19-20,23H,1-3,12-18,21-22,24,41H2. The van der Waals surface area contributed by atoms with Gasteiger partial charge in [0, 0.05) is 74.2 Å². The van der Waals surface area contributed by atoms with Crippen molar-refractivity contribution in [2.45, 2.75) is 38.7 Å². The third kappa shape index (κ3) is 8.31. The minimum Gasteiger partial charge on any atom is -0.484 e. The Morgan fingerprint density at radius 3 is 2.37 bits per heavy atom. The van der Waals surface area contributed by atoms with E-state index in [1.807, 2.05) is 23.2 Å². The monoisotopic (exact) mass is 697 g/mol. The molecule has 13 heteroatoms. The number of hydrogen-bond donors (Lipinski definition) is 1. The number of alkyl halides is 4. The topological polar surface area (TPSA) is 93.3 Å². The maximum absolute atomic E-state index is 13.0. The molecule has 0 aliphatic carbocycles. The van der Waals surface area contributed by atoms with E-state index >= 15 is 0 Å². The fraction of sp³-hybridized carbons (Fsp3) is 0.389. The second-order valence-corrected chi connectivity index (χ2v) is 12.6. The van der Waals surface area contributed by atoms with Gasteiger partial charge in [-0.15, -0.1) is 24.8 Å². The van der Waals surface area contributed by atoms with Crippen molar-refractivity contribution < 1.29 is 32.2 Å². The van der Waals surface area contributed by atoms with Crippen LogP contribution in [0.15, 0.2) is 66.9 Å². The Morgan fingerprint density at radius 1 is 0.898 bits per heavy atom. The zero-order valence-electron chi connectivity index (χ0n) is 27.1. The second kappa shape index (κ2) is 15.1. The molecule has 9 nitrogen and oxygen atoms in total. The molecule has 1 saturated heterocycles. The molecule has 3 heterocycles. The number of fused-ring (bicyclic) bond motifs is 2. The maximum atomic E-state index is 13.0. The number of carbonyl (C=O) groups is 2. The maximum Gasteiger partial charge on any atom is 0.573 e. The van der Waals surface area contributed by atoms with Gasteiger partial charge in [0.25, 0.3) is 5.91 Å². The first-order chi connectivity index (χ1) is 23.6. The number of carbonyl (C=O) groups excluding carboxylic acids is 2. The molecule has 0 atom stereocenters. The third-order valence-electron chi connectivity index (χ3n) is 9.03. The molecule has 6 rings (SSSR count). The zero-order valence-corrected chi connectivity index (χ0v) is 27.8. The summed E-state index contributed by atoms with van der Waals surface area (Å²) in [5, 5.41) is 1.01. The van der Waals surface area contributed by atoms with E-state index in [4.69, 9.17) is 22.1 Å². The molecule has 0 spiro atoms. The number of aryl methyl sites for hydroxylation is 2. The molecule has 4 aromatic rings. The summed E-state index contributed by atoms with van der Waals surface area (Å²) in [5.74, 6) is 0.0705. The van der Waals surface area contributed by atoms with E-state index in [9.17, 15) is 22.8 Å². The van der Waals surface area contributed by atoms with Crippen molar-refractivity contribution in [2.75, 3.05) is 56.7 Å². The lowest BCUT2D eigenvalue weighted by Gasteiger charge is -2.34. The first kappa shape index (κ1) is 34.6. The highest BCUT2D eigenvalue weighted by molar-refractivity contribution is 6.29. The van der Waals surface area contributed by atoms with Crippen LogP contribution in [0.4, 0.5) is 18.9 Å². The minimum absolute atomic E-state index is 0.0625. The molecule has 2 N–H and O–H groups in total. The summed E-state index contributed by atoms with van der Waals surface area (Å²) < 4.78 is 50.2. The second-order valence-electron chi connectivity index (χ2n) is 12.3. The number of anilines is 1. The molecule has 0 saturated carbocycles. The molecule has 1 fully saturated rings. The van der Waals surface area contributed by atoms with Gasteiger partial charge in [-0.05, 0) is 85.0 Å². The van der Waals surface area contributed by atoms with Crippen LogP contribution in [0.2, 0.25) is 0 Å². The number of benzene rings is 3. The average molecular weight is 698 g/mol. The Morgan fingerprint density at radius 2 is 1.65 bits per heavy atom. The molecule has 3 aromatic carbocycles. The lowest BCUT2D eigenvalue weighted by atomic mass is 10.0. The van der Waals surface area contributed by atoms with Gasteiger partial charge in [0.1, 0.15) is 17.4 Å². The van der Waals surface area contributed by atoms with Crippen LogP contribution < -0.4 is 20.1 Å². The summed E-state index contributed by atoms with van der Waals surface area (Å²) in [7, 11) is 0. The van der Waals surface area contributed by atoms with Crippen molar-refractivity contribution in [2.24, 2.45) is 5.73 Å². The van der Waals surface area contributed by atoms with E-state index in [0.717, 1.165) is 64.7 Å². The van der Waals surface area contributed by atoms with E-state index < -0.39 is 6.36 Å². The lowest BCUT2D eigenvalue weighted by Crippen LogP contribution is -2.49. The van der Waals surface area contributed by atoms with Crippen molar-refractivity contribution in [1.29, 1.82) is 0 Å². The predicted octanol–water partition coefficient (Wildman–Crippen LogP) is 5.80. The highest BCUT2D eigenvalue weighted by Crippen LogP contribution is 2.34. The summed E-state index contributed by atoms with van der Waals surface area (Å²) in [6, 6.07) is 17.8. The van der Waals surface area contributed by atoms with E-state index in [1.54, 1.807) is 23.1 Å². The molecule has 0 unspecified atom stereocenters. The van der Waals surface area contributed by atoms with E-state index in [2.05, 4.69) is 32.4 Å². The van der Waals surface area contributed by atoms with Crippen LogP contribution in [0.3, 0.4) is 0 Å². The number of aromatic nitrogens is 1. The van der Waals surface area contributed by atoms with Gasteiger partial charge in [-0.25, -0.2) is 0 Å². The Bertz CT molecular complexity index is 1790. The van der Waals surface area contributed by atoms with Gasteiger partial charge < -0.3 is 29.6 Å². The van der Waals surface area contributed by atoms with Gasteiger partial charge in [-0.2, -0.15) is 0 Å². The normalized spacial score (nSPS) is 15.4. The summed E-state index contributed by atoms with van der Waals surface area (Å²) in [6.45, 7) is 5.12. The van der Waals surface area contributed by atoms with Crippen LogP contribution in [0.1, 0.15) is 24.0 Å². The molecule has 1 aromatic heterocycles. The zero-order chi connectivity index (χ0) is 34.5. The Labute approximate surface area is 287 Å². The predicted molar refractivity (Wildman–Crippen MR) is 183 cm³/mol. The van der Waals surface area contributed by atoms with Crippen LogP contribution >= 0.6 is 11.6 Å². The van der Waals surface area contributed by atoms with Crippen molar-refractivity contribution in [1.82, 2.24) is 14.4 Å². The Kier molecular flexibility index (Phi) is 10.7. The molecule has 260 valence electrons. The number of halogens is 4. The first-order valence-corrected chi connectivity index (χ1v) is 17.0. The van der Waals surface area contributed by atoms with Crippen LogP contribution in [-0.4, -0.2) is 84.3 Å². The van der Waals surface area contributed by atoms with Crippen molar-refractivity contribution >= 4 is 40.0 Å². The minimum atomic E-state index is -4.75. The number of piperazine rings is 1. The van der Waals surface area contributed by atoms with Gasteiger partial charge in [0.15, 0.2) is 6.61 Å². The van der Waals surface area contributed by atoms with E-state index in [-0.39, 0.29) is 30.1 Å². The van der Waals surface area contributed by atoms with Gasteiger partial charge in [0.05, 0.1) is 0 Å². The molecule has 2 aliphatic heterocycles. The molecule has 49 heavy (non-hydrogen) atoms. The quantitative estimate of drug-likeness (QED) is 0.199. The van der Waals surface area contributed by atoms with Crippen molar-refractivity contribution in [3.63, 3.8) is 0 Å². The number of hydrogen-bond acceptors (Lipinski definition) is 6. The number of rotatable bonds is 11. The Balaban J connectivity index is 1.07. The SMILES string of the molecule is NCCCn1cc(-c2ccc(OC(F)(F)F)cc2)c2cc(CN3CCN(C(=O)COc4ccc5c(c4)CCCN5C(=O)CCl)CC3)ccc21. The van der Waals surface area contributed by atoms with Crippen LogP contribution in [-0.2, 0) is 29.1 Å². The molecular weight excluding hydrogens is 659 g/mol. The first-order valence-electron chi connectivity index (χ1n) is 16.4. The molecular formula is C36H39ClF3N5O4. The van der Waals surface area contributed by atoms with Crippen molar-refractivity contribution in [3.05, 3.63) is 78.0 Å². The van der Waals surface area contributed by atoms with Crippen molar-refractivity contribution in [3.8, 4) is 22.6 Å². The smallest absolute Gasteiger partial charge is 0.484 e. The summed E-state index contributed by atoms with van der Waals surface area (Å²) in [4.78, 5) is 31.1. The molecule has 2 aliphatic rings. The van der Waals surface area contributed by atoms with Crippen LogP contribution in [0, 0.1) is 0 Å². The summed E-state index contributed by atoms with van der Waals surface area (Å²) in [5.41, 5.74) is 11.5. The van der Waals surface area contributed by atoms with Gasteiger partial charge in [0.2, 0.25) is 5.91 Å². The van der Waals surface area contributed by atoms with E-state index in [1.165, 1.54) is 12.1 Å². The third-order valence-corrected chi connectivity index (χ3v) is 9.25. The lowest BCUT2D eigenvalue weighted by molar-refractivity contribution is -0.274. The van der Waals surface area contributed by atoms with Crippen LogP contribution in [0.25, 0.3) is 22.0 Å². The number of ether oxygens (including phenoxy) is 2. The van der Waals surface area contributed by atoms with Gasteiger partial charge >= 0.3 is 6.36 Å². The summed E-state index contributed by atoms with van der Waals surface area (Å²) in [6.07, 6.45) is -0.257. The fourth-order valence-electron chi connectivity index (χ4n) is 6.60. The highest BCUT2D eigenvalue weighted by atomic mass is 35.5. The van der Waals surface area contributed by atoms with E-state index in [0.29, 0.717) is 51.6 Å². The van der Waals surface area contributed by atoms with Gasteiger partial charge in [-0.1, -0.05) is 18.2 Å². The average Bonchev–Trinajstić information content (AvgIpc) is 3.46. The Hall–Kier alpha value is -4.26. The molecule has 2 amide bonds. The molecule has 0 radical (unpaired) electrons. The number of nitrogens with zero attached hydrogens (tertiary/aromatic N) is 4. The molecule has 0 bridgehead atoms. The summed E-state index contributed by atoms with van der Waals surface area (Å²) >= 11 is 5.78. The number of nitrogens with two attached hydrogens (primary N) is 1. The van der Waals surface area contributed by atoms with Gasteiger partial charge in [-0.3, -0.25) is 14.5 Å². The largest absolute Gasteiger partial charge is 0.573 e. The highest BCUT2D eigenvalue weighted by Gasteiger charge is 2.31. The number of amides is 2.